The average Bonchev–Trinajstić information content (AvgIpc) is 2.35. The Balaban J connectivity index is 3.51. The third-order valence-corrected chi connectivity index (χ3v) is 2.24. The molecule has 1 aromatic rings. The van der Waals surface area contributed by atoms with Gasteiger partial charge in [-0.3, -0.25) is 4.79 Å². The zero-order valence-corrected chi connectivity index (χ0v) is 9.85. The molecule has 0 bridgehead atoms. The van der Waals surface area contributed by atoms with Gasteiger partial charge in [0.15, 0.2) is 5.43 Å². The molecule has 0 amide bonds. The third kappa shape index (κ3) is 2.52. The van der Waals surface area contributed by atoms with Crippen molar-refractivity contribution in [2.75, 3.05) is 14.2 Å². The highest BCUT2D eigenvalue weighted by Crippen LogP contribution is 2.06. The Morgan fingerprint density at radius 1 is 1.12 bits per heavy atom. The molecular weight excluding hydrogens is 226 g/mol. The molecule has 6 nitrogen and oxygen atoms in total. The van der Waals surface area contributed by atoms with Crippen LogP contribution < -0.4 is 5.43 Å². The molecule has 1 rings (SSSR count). The first-order valence-electron chi connectivity index (χ1n) is 4.96. The summed E-state index contributed by atoms with van der Waals surface area (Å²) in [5, 5.41) is 0. The van der Waals surface area contributed by atoms with Gasteiger partial charge in [-0.25, -0.2) is 9.59 Å². The molecular formula is C11H13NO5. The van der Waals surface area contributed by atoms with E-state index in [2.05, 4.69) is 9.47 Å². The van der Waals surface area contributed by atoms with Crippen LogP contribution in [0.15, 0.2) is 16.9 Å². The highest BCUT2D eigenvalue weighted by Gasteiger charge is 2.18. The van der Waals surface area contributed by atoms with Crippen LogP contribution in [0.4, 0.5) is 0 Å². The normalized spacial score (nSPS) is 9.82. The van der Waals surface area contributed by atoms with E-state index in [-0.39, 0.29) is 11.4 Å². The van der Waals surface area contributed by atoms with E-state index in [4.69, 9.17) is 0 Å². The van der Waals surface area contributed by atoms with E-state index < -0.39 is 17.4 Å². The molecule has 6 heteroatoms. The van der Waals surface area contributed by atoms with Crippen molar-refractivity contribution in [3.8, 4) is 0 Å². The summed E-state index contributed by atoms with van der Waals surface area (Å²) in [5.41, 5.74) is -0.388. The number of hydrogen-bond acceptors (Lipinski definition) is 5. The molecule has 92 valence electrons. The number of carbonyl (C=O) groups excluding carboxylic acids is 2. The zero-order valence-electron chi connectivity index (χ0n) is 9.85. The summed E-state index contributed by atoms with van der Waals surface area (Å²) >= 11 is 0. The molecule has 0 atom stereocenters. The fourth-order valence-electron chi connectivity index (χ4n) is 1.48. The smallest absolute Gasteiger partial charge is 0.354 e. The number of hydrogen-bond donors (Lipinski definition) is 0. The van der Waals surface area contributed by atoms with Crippen LogP contribution >= 0.6 is 0 Å². The van der Waals surface area contributed by atoms with E-state index in [9.17, 15) is 14.4 Å². The predicted molar refractivity (Wildman–Crippen MR) is 59.1 cm³/mol. The molecule has 0 saturated carbocycles. The van der Waals surface area contributed by atoms with Gasteiger partial charge in [-0.15, -0.1) is 0 Å². The monoisotopic (exact) mass is 239 g/mol. The molecule has 1 heterocycles. The summed E-state index contributed by atoms with van der Waals surface area (Å²) in [4.78, 5) is 34.3. The van der Waals surface area contributed by atoms with Crippen molar-refractivity contribution in [3.63, 3.8) is 0 Å². The van der Waals surface area contributed by atoms with Crippen LogP contribution in [0.1, 0.15) is 27.9 Å². The maximum Gasteiger partial charge on any atom is 0.354 e. The SMILES string of the molecule is CCn1c(C(=O)OC)cc(=O)cc1C(=O)OC. The van der Waals surface area contributed by atoms with Crippen LogP contribution in [0.2, 0.25) is 0 Å². The summed E-state index contributed by atoms with van der Waals surface area (Å²) in [6.45, 7) is 2.08. The first kappa shape index (κ1) is 13.0. The second-order valence-electron chi connectivity index (χ2n) is 3.19. The van der Waals surface area contributed by atoms with E-state index in [1.54, 1.807) is 6.92 Å². The molecule has 0 spiro atoms. The van der Waals surface area contributed by atoms with Gasteiger partial charge in [-0.1, -0.05) is 0 Å². The van der Waals surface area contributed by atoms with Crippen molar-refractivity contribution < 1.29 is 19.1 Å². The summed E-state index contributed by atoms with van der Waals surface area (Å²) in [5.74, 6) is -1.34. The van der Waals surface area contributed by atoms with Crippen LogP contribution in [0.5, 0.6) is 0 Å². The van der Waals surface area contributed by atoms with Gasteiger partial charge in [0, 0.05) is 18.7 Å². The fourth-order valence-corrected chi connectivity index (χ4v) is 1.48. The quantitative estimate of drug-likeness (QED) is 0.715. The first-order valence-corrected chi connectivity index (χ1v) is 4.96. The minimum absolute atomic E-state index is 0.0305. The first-order chi connectivity index (χ1) is 8.04. The van der Waals surface area contributed by atoms with Gasteiger partial charge in [0.2, 0.25) is 0 Å². The lowest BCUT2D eigenvalue weighted by Crippen LogP contribution is -2.24. The predicted octanol–water partition coefficient (Wildman–Crippen LogP) is 0.441. The van der Waals surface area contributed by atoms with E-state index in [1.807, 2.05) is 0 Å². The molecule has 0 aliphatic rings. The lowest BCUT2D eigenvalue weighted by Gasteiger charge is -2.13. The van der Waals surface area contributed by atoms with Gasteiger partial charge in [0.1, 0.15) is 11.4 Å². The van der Waals surface area contributed by atoms with Crippen LogP contribution in [0.3, 0.4) is 0 Å². The summed E-state index contributed by atoms with van der Waals surface area (Å²) in [6.07, 6.45) is 0. The molecule has 0 aliphatic carbocycles. The molecule has 0 fully saturated rings. The lowest BCUT2D eigenvalue weighted by molar-refractivity contribution is 0.0572. The van der Waals surface area contributed by atoms with E-state index >= 15 is 0 Å². The number of carbonyl (C=O) groups is 2. The van der Waals surface area contributed by atoms with Crippen LogP contribution in [-0.2, 0) is 16.0 Å². The number of ether oxygens (including phenoxy) is 2. The Labute approximate surface area is 97.8 Å². The van der Waals surface area contributed by atoms with E-state index in [0.29, 0.717) is 6.54 Å². The molecule has 0 aromatic carbocycles. The standard InChI is InChI=1S/C11H13NO5/c1-4-12-8(10(14)16-2)5-7(13)6-9(12)11(15)17-3/h5-6H,4H2,1-3H3. The summed E-state index contributed by atoms with van der Waals surface area (Å²) in [6, 6.07) is 2.25. The summed E-state index contributed by atoms with van der Waals surface area (Å²) in [7, 11) is 2.41. The van der Waals surface area contributed by atoms with Gasteiger partial charge >= 0.3 is 11.9 Å². The Bertz CT molecular complexity index is 463. The van der Waals surface area contributed by atoms with Crippen molar-refractivity contribution in [1.82, 2.24) is 4.57 Å². The largest absolute Gasteiger partial charge is 0.464 e. The van der Waals surface area contributed by atoms with Crippen LogP contribution in [-0.4, -0.2) is 30.7 Å². The highest BCUT2D eigenvalue weighted by molar-refractivity contribution is 5.92. The van der Waals surface area contributed by atoms with Crippen molar-refractivity contribution in [2.45, 2.75) is 13.5 Å². The number of methoxy groups -OCH3 is 2. The highest BCUT2D eigenvalue weighted by atomic mass is 16.5. The second kappa shape index (κ2) is 5.29. The zero-order chi connectivity index (χ0) is 13.0. The number of nitrogens with zero attached hydrogens (tertiary/aromatic N) is 1. The van der Waals surface area contributed by atoms with Gasteiger partial charge in [0.05, 0.1) is 14.2 Å². The molecule has 0 saturated heterocycles. The van der Waals surface area contributed by atoms with E-state index in [1.165, 1.54) is 18.8 Å². The average molecular weight is 239 g/mol. The van der Waals surface area contributed by atoms with Crippen molar-refractivity contribution >= 4 is 11.9 Å². The minimum atomic E-state index is -0.672. The van der Waals surface area contributed by atoms with Gasteiger partial charge in [0.25, 0.3) is 0 Å². The second-order valence-corrected chi connectivity index (χ2v) is 3.19. The molecule has 0 unspecified atom stereocenters. The molecule has 17 heavy (non-hydrogen) atoms. The maximum absolute atomic E-state index is 11.5. The Kier molecular flexibility index (Phi) is 4.03. The fraction of sp³-hybridized carbons (Fsp3) is 0.364. The number of pyridine rings is 1. The van der Waals surface area contributed by atoms with E-state index in [0.717, 1.165) is 12.1 Å². The molecule has 1 aromatic heterocycles. The van der Waals surface area contributed by atoms with Gasteiger partial charge in [-0.2, -0.15) is 0 Å². The lowest BCUT2D eigenvalue weighted by atomic mass is 10.2. The minimum Gasteiger partial charge on any atom is -0.464 e. The summed E-state index contributed by atoms with van der Waals surface area (Å²) < 4.78 is 10.5. The third-order valence-electron chi connectivity index (χ3n) is 2.24. The van der Waals surface area contributed by atoms with Crippen LogP contribution in [0.25, 0.3) is 0 Å². The van der Waals surface area contributed by atoms with Crippen LogP contribution in [0, 0.1) is 0 Å². The van der Waals surface area contributed by atoms with Crippen molar-refractivity contribution in [3.05, 3.63) is 33.7 Å². The van der Waals surface area contributed by atoms with Crippen molar-refractivity contribution in [1.29, 1.82) is 0 Å². The maximum atomic E-state index is 11.5. The molecule has 0 aliphatic heterocycles. The van der Waals surface area contributed by atoms with Crippen molar-refractivity contribution in [2.24, 2.45) is 0 Å². The molecule has 0 N–H and O–H groups in total. The number of esters is 2. The number of rotatable bonds is 3. The topological polar surface area (TPSA) is 74.6 Å². The Morgan fingerprint density at radius 2 is 1.53 bits per heavy atom. The Hall–Kier alpha value is -2.11. The number of aromatic nitrogens is 1. The van der Waals surface area contributed by atoms with Gasteiger partial charge in [-0.05, 0) is 6.92 Å². The van der Waals surface area contributed by atoms with Gasteiger partial charge < -0.3 is 14.0 Å². The molecule has 0 radical (unpaired) electrons. The Morgan fingerprint density at radius 3 is 1.82 bits per heavy atom.